The molecule has 0 bridgehead atoms. The van der Waals surface area contributed by atoms with Gasteiger partial charge in [-0.15, -0.1) is 0 Å². The molecule has 7 nitrogen and oxygen atoms in total. The molecule has 1 aliphatic heterocycles. The van der Waals surface area contributed by atoms with E-state index in [0.717, 1.165) is 40.5 Å². The Morgan fingerprint density at radius 2 is 1.88 bits per heavy atom. The summed E-state index contributed by atoms with van der Waals surface area (Å²) in [6, 6.07) is 15.7. The lowest BCUT2D eigenvalue weighted by molar-refractivity contribution is 0.0857. The summed E-state index contributed by atoms with van der Waals surface area (Å²) < 4.78 is 33.5. The zero-order valence-electron chi connectivity index (χ0n) is 19.1. The van der Waals surface area contributed by atoms with Crippen molar-refractivity contribution in [3.63, 3.8) is 0 Å². The molecule has 34 heavy (non-hydrogen) atoms. The van der Waals surface area contributed by atoms with Crippen molar-refractivity contribution in [2.75, 3.05) is 17.9 Å². The van der Waals surface area contributed by atoms with Gasteiger partial charge in [-0.3, -0.25) is 9.52 Å². The number of sulfonamides is 1. The van der Waals surface area contributed by atoms with Gasteiger partial charge in [0.1, 0.15) is 5.03 Å². The average Bonchev–Trinajstić information content (AvgIpc) is 3.34. The van der Waals surface area contributed by atoms with Crippen molar-refractivity contribution in [2.45, 2.75) is 47.6 Å². The standard InChI is InChI=1S/C25H27N3O4S2/c1-17-5-11-23(14-18(17)2)34(30,31)28-20-7-9-22(10-8-20)33-24-12-6-19(15-26-24)25(29)27-16-21-4-3-13-32-21/h5-12,14-15,21,28H,3-4,13,16H2,1-2H3,(H,27,29). The molecule has 1 amide bonds. The van der Waals surface area contributed by atoms with Crippen molar-refractivity contribution in [2.24, 2.45) is 0 Å². The van der Waals surface area contributed by atoms with Gasteiger partial charge in [-0.05, 0) is 86.3 Å². The summed E-state index contributed by atoms with van der Waals surface area (Å²) in [5.41, 5.74) is 2.95. The van der Waals surface area contributed by atoms with Gasteiger partial charge in [0, 0.05) is 29.9 Å². The van der Waals surface area contributed by atoms with Gasteiger partial charge in [-0.1, -0.05) is 17.8 Å². The van der Waals surface area contributed by atoms with Crippen molar-refractivity contribution in [3.05, 3.63) is 77.5 Å². The maximum absolute atomic E-state index is 12.7. The van der Waals surface area contributed by atoms with Crippen LogP contribution >= 0.6 is 11.8 Å². The van der Waals surface area contributed by atoms with E-state index in [0.29, 0.717) is 17.8 Å². The van der Waals surface area contributed by atoms with Crippen LogP contribution < -0.4 is 10.0 Å². The number of carbonyl (C=O) groups excluding carboxylic acids is 1. The molecule has 9 heteroatoms. The quantitative estimate of drug-likeness (QED) is 0.474. The molecule has 1 aliphatic rings. The van der Waals surface area contributed by atoms with Crippen LogP contribution in [0.5, 0.6) is 0 Å². The Bertz CT molecular complexity index is 1250. The fourth-order valence-electron chi connectivity index (χ4n) is 3.50. The van der Waals surface area contributed by atoms with Crippen LogP contribution in [0.25, 0.3) is 0 Å². The minimum atomic E-state index is -3.66. The van der Waals surface area contributed by atoms with E-state index < -0.39 is 10.0 Å². The van der Waals surface area contributed by atoms with Crippen LogP contribution in [0.3, 0.4) is 0 Å². The number of nitrogens with one attached hydrogen (secondary N) is 2. The third kappa shape index (κ3) is 6.16. The Morgan fingerprint density at radius 3 is 2.53 bits per heavy atom. The second kappa shape index (κ2) is 10.6. The second-order valence-corrected chi connectivity index (χ2v) is 11.0. The van der Waals surface area contributed by atoms with Crippen molar-refractivity contribution in [1.29, 1.82) is 0 Å². The SMILES string of the molecule is Cc1ccc(S(=O)(=O)Nc2ccc(Sc3ccc(C(=O)NCC4CCCO4)cn3)cc2)cc1C. The monoisotopic (exact) mass is 497 g/mol. The number of rotatable bonds is 8. The molecule has 1 unspecified atom stereocenters. The summed E-state index contributed by atoms with van der Waals surface area (Å²) in [5, 5.41) is 3.62. The van der Waals surface area contributed by atoms with E-state index in [4.69, 9.17) is 4.74 Å². The number of aryl methyl sites for hydroxylation is 2. The molecule has 2 heterocycles. The summed E-state index contributed by atoms with van der Waals surface area (Å²) in [6.45, 7) is 5.10. The molecular formula is C25H27N3O4S2. The Balaban J connectivity index is 1.34. The Kier molecular flexibility index (Phi) is 7.55. The number of ether oxygens (including phenoxy) is 1. The normalized spacial score (nSPS) is 15.8. The Morgan fingerprint density at radius 1 is 1.09 bits per heavy atom. The van der Waals surface area contributed by atoms with Gasteiger partial charge in [0.15, 0.2) is 0 Å². The highest BCUT2D eigenvalue weighted by molar-refractivity contribution is 7.99. The first-order valence-electron chi connectivity index (χ1n) is 11.0. The van der Waals surface area contributed by atoms with Gasteiger partial charge in [-0.25, -0.2) is 13.4 Å². The van der Waals surface area contributed by atoms with Crippen LogP contribution in [0.4, 0.5) is 5.69 Å². The molecule has 2 N–H and O–H groups in total. The first-order valence-corrected chi connectivity index (χ1v) is 13.3. The Hall–Kier alpha value is -2.88. The predicted octanol–water partition coefficient (Wildman–Crippen LogP) is 4.56. The van der Waals surface area contributed by atoms with Crippen molar-refractivity contribution in [1.82, 2.24) is 10.3 Å². The summed E-state index contributed by atoms with van der Waals surface area (Å²) in [5.74, 6) is -0.167. The van der Waals surface area contributed by atoms with Crippen molar-refractivity contribution >= 4 is 33.4 Å². The van der Waals surface area contributed by atoms with E-state index in [9.17, 15) is 13.2 Å². The molecule has 3 aromatic rings. The maximum atomic E-state index is 12.7. The zero-order chi connectivity index (χ0) is 24.1. The van der Waals surface area contributed by atoms with Crippen LogP contribution in [0.15, 0.2) is 75.6 Å². The van der Waals surface area contributed by atoms with E-state index in [-0.39, 0.29) is 16.9 Å². The molecule has 1 atom stereocenters. The smallest absolute Gasteiger partial charge is 0.261 e. The summed E-state index contributed by atoms with van der Waals surface area (Å²) in [6.07, 6.45) is 3.66. The lowest BCUT2D eigenvalue weighted by Gasteiger charge is -2.11. The molecule has 1 aromatic heterocycles. The molecule has 0 spiro atoms. The van der Waals surface area contributed by atoms with Crippen LogP contribution in [0.1, 0.15) is 34.3 Å². The van der Waals surface area contributed by atoms with Crippen molar-refractivity contribution in [3.8, 4) is 0 Å². The highest BCUT2D eigenvalue weighted by atomic mass is 32.2. The van der Waals surface area contributed by atoms with Gasteiger partial charge in [0.25, 0.3) is 15.9 Å². The van der Waals surface area contributed by atoms with Gasteiger partial charge in [0.2, 0.25) is 0 Å². The topological polar surface area (TPSA) is 97.4 Å². The maximum Gasteiger partial charge on any atom is 0.261 e. The van der Waals surface area contributed by atoms with Gasteiger partial charge >= 0.3 is 0 Å². The van der Waals surface area contributed by atoms with Gasteiger partial charge < -0.3 is 10.1 Å². The number of pyridine rings is 1. The number of hydrogen-bond acceptors (Lipinski definition) is 6. The van der Waals surface area contributed by atoms with E-state index in [2.05, 4.69) is 15.0 Å². The molecule has 178 valence electrons. The lowest BCUT2D eigenvalue weighted by Crippen LogP contribution is -2.31. The summed E-state index contributed by atoms with van der Waals surface area (Å²) >= 11 is 1.43. The largest absolute Gasteiger partial charge is 0.376 e. The van der Waals surface area contributed by atoms with E-state index in [1.54, 1.807) is 48.7 Å². The van der Waals surface area contributed by atoms with E-state index in [1.807, 2.05) is 26.0 Å². The highest BCUT2D eigenvalue weighted by Gasteiger charge is 2.17. The van der Waals surface area contributed by atoms with Crippen LogP contribution in [0, 0.1) is 13.8 Å². The number of anilines is 1. The molecule has 0 saturated carbocycles. The zero-order valence-corrected chi connectivity index (χ0v) is 20.7. The van der Waals surface area contributed by atoms with Gasteiger partial charge in [-0.2, -0.15) is 0 Å². The minimum Gasteiger partial charge on any atom is -0.376 e. The third-order valence-corrected chi connectivity index (χ3v) is 7.97. The minimum absolute atomic E-state index is 0.0974. The fourth-order valence-corrected chi connectivity index (χ4v) is 5.39. The van der Waals surface area contributed by atoms with Crippen LogP contribution in [-0.2, 0) is 14.8 Å². The lowest BCUT2D eigenvalue weighted by atomic mass is 10.1. The highest BCUT2D eigenvalue weighted by Crippen LogP contribution is 2.28. The third-order valence-electron chi connectivity index (χ3n) is 5.63. The number of amides is 1. The Labute approximate surface area is 204 Å². The molecule has 4 rings (SSSR count). The molecular weight excluding hydrogens is 470 g/mol. The number of hydrogen-bond donors (Lipinski definition) is 2. The van der Waals surface area contributed by atoms with Crippen LogP contribution in [0.2, 0.25) is 0 Å². The number of benzene rings is 2. The molecule has 1 fully saturated rings. The summed E-state index contributed by atoms with van der Waals surface area (Å²) in [7, 11) is -3.66. The fraction of sp³-hybridized carbons (Fsp3) is 0.280. The average molecular weight is 498 g/mol. The van der Waals surface area contributed by atoms with E-state index >= 15 is 0 Å². The number of aromatic nitrogens is 1. The van der Waals surface area contributed by atoms with Crippen LogP contribution in [-0.4, -0.2) is 38.6 Å². The predicted molar refractivity (Wildman–Crippen MR) is 133 cm³/mol. The number of nitrogens with zero attached hydrogens (tertiary/aromatic N) is 1. The molecule has 0 radical (unpaired) electrons. The van der Waals surface area contributed by atoms with Gasteiger partial charge in [0.05, 0.1) is 16.6 Å². The second-order valence-electron chi connectivity index (χ2n) is 8.21. The van der Waals surface area contributed by atoms with Crippen molar-refractivity contribution < 1.29 is 17.9 Å². The molecule has 2 aromatic carbocycles. The summed E-state index contributed by atoms with van der Waals surface area (Å²) in [4.78, 5) is 17.8. The molecule has 1 saturated heterocycles. The number of carbonyl (C=O) groups is 1. The van der Waals surface area contributed by atoms with E-state index in [1.165, 1.54) is 11.8 Å². The molecule has 0 aliphatic carbocycles. The first kappa shape index (κ1) is 24.3. The first-order chi connectivity index (χ1) is 16.3.